The third-order valence-electron chi connectivity index (χ3n) is 6.70. The second kappa shape index (κ2) is 11.4. The number of hydrogen-bond acceptors (Lipinski definition) is 7. The fourth-order valence-corrected chi connectivity index (χ4v) is 4.68. The maximum absolute atomic E-state index is 13.2. The van der Waals surface area contributed by atoms with Crippen molar-refractivity contribution < 1.29 is 24.2 Å². The molecule has 190 valence electrons. The van der Waals surface area contributed by atoms with Crippen molar-refractivity contribution >= 4 is 17.4 Å². The molecule has 2 aliphatic heterocycles. The van der Waals surface area contributed by atoms with Crippen LogP contribution in [0.1, 0.15) is 22.7 Å². The van der Waals surface area contributed by atoms with Gasteiger partial charge in [-0.15, -0.1) is 0 Å². The molecular formula is C29H29N3O5. The van der Waals surface area contributed by atoms with Crippen LogP contribution in [0.15, 0.2) is 84.7 Å². The van der Waals surface area contributed by atoms with Gasteiger partial charge in [-0.1, -0.05) is 42.5 Å². The number of morpholine rings is 1. The largest absolute Gasteiger partial charge is 0.507 e. The Balaban J connectivity index is 1.43. The maximum Gasteiger partial charge on any atom is 0.295 e. The summed E-state index contributed by atoms with van der Waals surface area (Å²) in [5.74, 6) is -0.833. The quantitative estimate of drug-likeness (QED) is 0.288. The molecule has 2 saturated heterocycles. The summed E-state index contributed by atoms with van der Waals surface area (Å²) < 4.78 is 11.3. The third-order valence-corrected chi connectivity index (χ3v) is 6.70. The summed E-state index contributed by atoms with van der Waals surface area (Å²) in [5, 5.41) is 11.1. The van der Waals surface area contributed by atoms with Gasteiger partial charge in [0, 0.05) is 44.1 Å². The molecule has 1 atom stereocenters. The highest BCUT2D eigenvalue weighted by Crippen LogP contribution is 2.39. The first-order valence-corrected chi connectivity index (χ1v) is 12.4. The number of hydrogen-bond donors (Lipinski definition) is 1. The smallest absolute Gasteiger partial charge is 0.295 e. The Kier molecular flexibility index (Phi) is 7.58. The molecule has 3 heterocycles. The van der Waals surface area contributed by atoms with Crippen LogP contribution in [0.2, 0.25) is 0 Å². The van der Waals surface area contributed by atoms with Crippen molar-refractivity contribution in [3.8, 4) is 5.75 Å². The highest BCUT2D eigenvalue weighted by Gasteiger charge is 2.46. The predicted octanol–water partition coefficient (Wildman–Crippen LogP) is 3.41. The van der Waals surface area contributed by atoms with E-state index in [9.17, 15) is 14.7 Å². The zero-order valence-electron chi connectivity index (χ0n) is 20.5. The molecule has 2 aromatic carbocycles. The number of Topliss-reactive ketones (excluding diaryl/α,β-unsaturated/α-hetero) is 1. The Bertz CT molecular complexity index is 1260. The standard InChI is InChI=1S/C29H29N3O5/c33-27(23-10-12-30-13-11-23)25-26(32(29(35)28(25)34)15-14-31-16-18-36-19-17-31)22-6-8-24(9-7-22)37-20-21-4-2-1-3-5-21/h1-13,26,33H,14-20H2. The number of amides is 1. The average molecular weight is 500 g/mol. The van der Waals surface area contributed by atoms with E-state index < -0.39 is 17.7 Å². The van der Waals surface area contributed by atoms with Crippen molar-refractivity contribution in [2.24, 2.45) is 0 Å². The number of ether oxygens (including phenoxy) is 2. The van der Waals surface area contributed by atoms with Crippen molar-refractivity contribution in [3.05, 3.63) is 101 Å². The van der Waals surface area contributed by atoms with Crippen LogP contribution in [0, 0.1) is 0 Å². The van der Waals surface area contributed by atoms with Gasteiger partial charge in [0.05, 0.1) is 24.8 Å². The molecule has 0 saturated carbocycles. The van der Waals surface area contributed by atoms with Crippen molar-refractivity contribution in [3.63, 3.8) is 0 Å². The Morgan fingerprint density at radius 3 is 2.35 bits per heavy atom. The second-order valence-corrected chi connectivity index (χ2v) is 9.03. The zero-order chi connectivity index (χ0) is 25.6. The summed E-state index contributed by atoms with van der Waals surface area (Å²) >= 11 is 0. The lowest BCUT2D eigenvalue weighted by Crippen LogP contribution is -2.42. The fraction of sp³-hybridized carbons (Fsp3) is 0.276. The van der Waals surface area contributed by atoms with Gasteiger partial charge in [-0.3, -0.25) is 19.5 Å². The van der Waals surface area contributed by atoms with Gasteiger partial charge in [-0.2, -0.15) is 0 Å². The lowest BCUT2D eigenvalue weighted by molar-refractivity contribution is -0.140. The first-order valence-electron chi connectivity index (χ1n) is 12.4. The summed E-state index contributed by atoms with van der Waals surface area (Å²) in [5.41, 5.74) is 2.30. The van der Waals surface area contributed by atoms with Crippen molar-refractivity contribution in [2.75, 3.05) is 39.4 Å². The van der Waals surface area contributed by atoms with E-state index in [1.54, 1.807) is 17.0 Å². The van der Waals surface area contributed by atoms with E-state index in [1.807, 2.05) is 54.6 Å². The number of aromatic nitrogens is 1. The van der Waals surface area contributed by atoms with E-state index in [4.69, 9.17) is 9.47 Å². The van der Waals surface area contributed by atoms with E-state index in [0.717, 1.165) is 24.2 Å². The van der Waals surface area contributed by atoms with E-state index in [0.29, 0.717) is 44.2 Å². The Hall–Kier alpha value is -4.01. The number of benzene rings is 2. The van der Waals surface area contributed by atoms with Crippen LogP contribution in [-0.2, 0) is 20.9 Å². The summed E-state index contributed by atoms with van der Waals surface area (Å²) in [4.78, 5) is 34.2. The molecule has 0 bridgehead atoms. The second-order valence-electron chi connectivity index (χ2n) is 9.03. The van der Waals surface area contributed by atoms with Gasteiger partial charge < -0.3 is 19.5 Å². The van der Waals surface area contributed by atoms with Crippen LogP contribution in [0.3, 0.4) is 0 Å². The van der Waals surface area contributed by atoms with Gasteiger partial charge in [0.25, 0.3) is 11.7 Å². The van der Waals surface area contributed by atoms with E-state index in [-0.39, 0.29) is 11.3 Å². The number of pyridine rings is 1. The Morgan fingerprint density at radius 1 is 0.946 bits per heavy atom. The fourth-order valence-electron chi connectivity index (χ4n) is 4.68. The topological polar surface area (TPSA) is 92.2 Å². The lowest BCUT2D eigenvalue weighted by Gasteiger charge is -2.31. The number of likely N-dealkylation sites (tertiary alicyclic amines) is 1. The number of aliphatic hydroxyl groups is 1. The van der Waals surface area contributed by atoms with Gasteiger partial charge in [-0.05, 0) is 35.4 Å². The van der Waals surface area contributed by atoms with Crippen LogP contribution in [0.25, 0.3) is 5.76 Å². The molecule has 2 aliphatic rings. The summed E-state index contributed by atoms with van der Waals surface area (Å²) in [7, 11) is 0. The van der Waals surface area contributed by atoms with Crippen LogP contribution >= 0.6 is 0 Å². The SMILES string of the molecule is O=C1C(=O)N(CCN2CCOCC2)C(c2ccc(OCc3ccccc3)cc2)C1=C(O)c1ccncc1. The lowest BCUT2D eigenvalue weighted by atomic mass is 9.95. The molecule has 2 fully saturated rings. The van der Waals surface area contributed by atoms with E-state index in [2.05, 4.69) is 9.88 Å². The molecule has 37 heavy (non-hydrogen) atoms. The monoisotopic (exact) mass is 499 g/mol. The number of carbonyl (C=O) groups is 2. The molecule has 8 nitrogen and oxygen atoms in total. The molecule has 1 unspecified atom stereocenters. The number of nitrogens with zero attached hydrogens (tertiary/aromatic N) is 3. The van der Waals surface area contributed by atoms with Gasteiger partial charge in [0.2, 0.25) is 0 Å². The molecule has 0 spiro atoms. The summed E-state index contributed by atoms with van der Waals surface area (Å²) in [6, 6.07) is 19.7. The minimum absolute atomic E-state index is 0.0798. The molecule has 0 aliphatic carbocycles. The van der Waals surface area contributed by atoms with Gasteiger partial charge in [0.15, 0.2) is 0 Å². The predicted molar refractivity (Wildman–Crippen MR) is 138 cm³/mol. The molecule has 5 rings (SSSR count). The molecule has 1 N–H and O–H groups in total. The minimum atomic E-state index is -0.711. The molecule has 0 radical (unpaired) electrons. The maximum atomic E-state index is 13.2. The first kappa shape index (κ1) is 24.7. The van der Waals surface area contributed by atoms with E-state index >= 15 is 0 Å². The van der Waals surface area contributed by atoms with Crippen LogP contribution in [-0.4, -0.2) is 71.0 Å². The van der Waals surface area contributed by atoms with Gasteiger partial charge in [0.1, 0.15) is 18.1 Å². The highest BCUT2D eigenvalue weighted by atomic mass is 16.5. The van der Waals surface area contributed by atoms with Gasteiger partial charge >= 0.3 is 0 Å². The van der Waals surface area contributed by atoms with Crippen LogP contribution < -0.4 is 4.74 Å². The average Bonchev–Trinajstić information content (AvgIpc) is 3.21. The molecule has 3 aromatic rings. The summed E-state index contributed by atoms with van der Waals surface area (Å²) in [6.07, 6.45) is 3.08. The Labute approximate surface area is 215 Å². The van der Waals surface area contributed by atoms with Crippen molar-refractivity contribution in [1.82, 2.24) is 14.8 Å². The normalized spacial score (nSPS) is 19.8. The number of carbonyl (C=O) groups excluding carboxylic acids is 2. The van der Waals surface area contributed by atoms with Crippen molar-refractivity contribution in [1.29, 1.82) is 0 Å². The molecular weight excluding hydrogens is 470 g/mol. The highest BCUT2D eigenvalue weighted by molar-refractivity contribution is 6.46. The third kappa shape index (κ3) is 5.55. The molecule has 8 heteroatoms. The first-order chi connectivity index (χ1) is 18.1. The molecule has 1 amide bonds. The van der Waals surface area contributed by atoms with Gasteiger partial charge in [-0.25, -0.2) is 0 Å². The minimum Gasteiger partial charge on any atom is -0.507 e. The number of ketones is 1. The molecule has 1 aromatic heterocycles. The van der Waals surface area contributed by atoms with Crippen LogP contribution in [0.4, 0.5) is 0 Å². The Morgan fingerprint density at radius 2 is 1.65 bits per heavy atom. The van der Waals surface area contributed by atoms with E-state index in [1.165, 1.54) is 12.4 Å². The summed E-state index contributed by atoms with van der Waals surface area (Å²) in [6.45, 7) is 4.25. The zero-order valence-corrected chi connectivity index (χ0v) is 20.5. The van der Waals surface area contributed by atoms with Crippen molar-refractivity contribution in [2.45, 2.75) is 12.6 Å². The number of aliphatic hydroxyl groups excluding tert-OH is 1. The number of rotatable bonds is 8. The van der Waals surface area contributed by atoms with Crippen LogP contribution in [0.5, 0.6) is 5.75 Å².